The van der Waals surface area contributed by atoms with E-state index in [4.69, 9.17) is 18.9 Å². The summed E-state index contributed by atoms with van der Waals surface area (Å²) in [6.45, 7) is 5.92. The van der Waals surface area contributed by atoms with E-state index in [-0.39, 0.29) is 37.4 Å². The fraction of sp³-hybridized carbons (Fsp3) is 0.714. The van der Waals surface area contributed by atoms with Crippen molar-refractivity contribution >= 4 is 16.0 Å². The van der Waals surface area contributed by atoms with Crippen LogP contribution in [0.1, 0.15) is 63.3 Å². The van der Waals surface area contributed by atoms with E-state index >= 15 is 0 Å². The van der Waals surface area contributed by atoms with Crippen LogP contribution < -0.4 is 9.46 Å². The lowest BCUT2D eigenvalue weighted by atomic mass is 10.1. The normalized spacial score (nSPS) is 20.4. The molecule has 0 aliphatic carbocycles. The number of ether oxygens (including phenoxy) is 4. The highest BCUT2D eigenvalue weighted by Crippen LogP contribution is 2.34. The molecule has 190 valence electrons. The number of nitrogens with one attached hydrogen (secondary N) is 1. The van der Waals surface area contributed by atoms with Crippen LogP contribution in [0.2, 0.25) is 0 Å². The first-order valence-corrected chi connectivity index (χ1v) is 12.7. The standard InChI is InChI=1S/C21H34N6O6S/c1-13-7-8-18(33-13)20-24-25-21(27(20)16(11-30-4)12-31-5)26-34(28,29)15(3)14(2)19-22-9-17(32-6)10-23-19/h9-10,13-16,18H,7-8,11-12H2,1-6H3,(H,25,26)/t13-,14-,15-,18-/m0/s1. The molecule has 1 N–H and O–H groups in total. The van der Waals surface area contributed by atoms with Crippen molar-refractivity contribution in [3.05, 3.63) is 24.0 Å². The Morgan fingerprint density at radius 3 is 2.29 bits per heavy atom. The lowest BCUT2D eigenvalue weighted by Crippen LogP contribution is -2.33. The van der Waals surface area contributed by atoms with Gasteiger partial charge in [-0.3, -0.25) is 9.29 Å². The number of rotatable bonds is 12. The second-order valence-corrected chi connectivity index (χ2v) is 10.5. The summed E-state index contributed by atoms with van der Waals surface area (Å²) in [6, 6.07) is -0.352. The highest BCUT2D eigenvalue weighted by atomic mass is 32.2. The van der Waals surface area contributed by atoms with Crippen LogP contribution in [0.3, 0.4) is 0 Å². The third-order valence-corrected chi connectivity index (χ3v) is 7.90. The van der Waals surface area contributed by atoms with Crippen LogP contribution >= 0.6 is 0 Å². The van der Waals surface area contributed by atoms with Gasteiger partial charge < -0.3 is 18.9 Å². The summed E-state index contributed by atoms with van der Waals surface area (Å²) in [7, 11) is 0.770. The summed E-state index contributed by atoms with van der Waals surface area (Å²) in [6.07, 6.45) is 4.47. The second-order valence-electron chi connectivity index (χ2n) is 8.45. The van der Waals surface area contributed by atoms with Crippen molar-refractivity contribution in [2.45, 2.75) is 63.0 Å². The van der Waals surface area contributed by atoms with E-state index < -0.39 is 21.2 Å². The number of hydrogen-bond acceptors (Lipinski definition) is 10. The van der Waals surface area contributed by atoms with Crippen LogP contribution in [0.4, 0.5) is 5.95 Å². The molecule has 0 aromatic carbocycles. The minimum Gasteiger partial charge on any atom is -0.494 e. The molecule has 3 heterocycles. The maximum Gasteiger partial charge on any atom is 0.238 e. The third kappa shape index (κ3) is 5.82. The number of aromatic nitrogens is 5. The minimum absolute atomic E-state index is 0.0870. The molecule has 0 radical (unpaired) electrons. The zero-order valence-corrected chi connectivity index (χ0v) is 21.3. The van der Waals surface area contributed by atoms with E-state index in [1.54, 1.807) is 32.6 Å². The van der Waals surface area contributed by atoms with Gasteiger partial charge in [0, 0.05) is 20.1 Å². The van der Waals surface area contributed by atoms with E-state index in [0.717, 1.165) is 12.8 Å². The van der Waals surface area contributed by atoms with Crippen LogP contribution in [0, 0.1) is 0 Å². The third-order valence-electron chi connectivity index (χ3n) is 6.04. The lowest BCUT2D eigenvalue weighted by Gasteiger charge is -2.24. The Hall–Kier alpha value is -2.35. The van der Waals surface area contributed by atoms with Crippen molar-refractivity contribution in [2.75, 3.05) is 39.3 Å². The van der Waals surface area contributed by atoms with Gasteiger partial charge in [-0.15, -0.1) is 10.2 Å². The molecule has 1 fully saturated rings. The van der Waals surface area contributed by atoms with Gasteiger partial charge in [0.1, 0.15) is 11.9 Å². The fourth-order valence-electron chi connectivity index (χ4n) is 3.89. The number of sulfonamides is 1. The Morgan fingerprint density at radius 1 is 1.12 bits per heavy atom. The molecule has 0 saturated carbocycles. The first-order chi connectivity index (χ1) is 16.2. The Kier molecular flexibility index (Phi) is 8.79. The zero-order chi connectivity index (χ0) is 24.9. The first-order valence-electron chi connectivity index (χ1n) is 11.2. The number of nitrogens with zero attached hydrogens (tertiary/aromatic N) is 5. The Bertz CT molecular complexity index is 1020. The molecule has 1 aliphatic heterocycles. The van der Waals surface area contributed by atoms with E-state index in [1.165, 1.54) is 19.5 Å². The van der Waals surface area contributed by atoms with Gasteiger partial charge in [-0.25, -0.2) is 18.4 Å². The highest BCUT2D eigenvalue weighted by molar-refractivity contribution is 7.93. The van der Waals surface area contributed by atoms with Crippen LogP contribution in [0.15, 0.2) is 12.4 Å². The molecule has 3 rings (SSSR count). The maximum atomic E-state index is 13.3. The molecule has 2 aromatic heterocycles. The van der Waals surface area contributed by atoms with Crippen LogP contribution in [-0.2, 0) is 24.2 Å². The number of hydrogen-bond donors (Lipinski definition) is 1. The van der Waals surface area contributed by atoms with E-state index in [2.05, 4.69) is 24.9 Å². The van der Waals surface area contributed by atoms with E-state index in [9.17, 15) is 8.42 Å². The first kappa shape index (κ1) is 26.3. The van der Waals surface area contributed by atoms with Gasteiger partial charge in [-0.1, -0.05) is 6.92 Å². The van der Waals surface area contributed by atoms with Gasteiger partial charge >= 0.3 is 0 Å². The molecule has 4 atom stereocenters. The van der Waals surface area contributed by atoms with Crippen molar-refractivity contribution in [3.8, 4) is 5.75 Å². The SMILES string of the molecule is COCC(COC)n1c(NS(=O)(=O)[C@@H](C)[C@H](C)c2ncc(OC)cn2)nnc1[C@@H]1CC[C@H](C)O1. The predicted octanol–water partition coefficient (Wildman–Crippen LogP) is 2.08. The summed E-state index contributed by atoms with van der Waals surface area (Å²) < 4.78 is 52.8. The molecule has 12 nitrogen and oxygen atoms in total. The van der Waals surface area contributed by atoms with Crippen molar-refractivity contribution in [1.29, 1.82) is 0 Å². The molecular formula is C21H34N6O6S. The van der Waals surface area contributed by atoms with Gasteiger partial charge in [0.05, 0.1) is 50.1 Å². The van der Waals surface area contributed by atoms with Gasteiger partial charge in [-0.05, 0) is 26.7 Å². The smallest absolute Gasteiger partial charge is 0.238 e. The summed E-state index contributed by atoms with van der Waals surface area (Å²) >= 11 is 0. The Labute approximate surface area is 200 Å². The predicted molar refractivity (Wildman–Crippen MR) is 124 cm³/mol. The summed E-state index contributed by atoms with van der Waals surface area (Å²) in [5.74, 6) is 1.03. The average Bonchev–Trinajstić information content (AvgIpc) is 3.43. The highest BCUT2D eigenvalue weighted by Gasteiger charge is 2.35. The second kappa shape index (κ2) is 11.4. The van der Waals surface area contributed by atoms with Crippen molar-refractivity contribution in [1.82, 2.24) is 24.7 Å². The monoisotopic (exact) mass is 498 g/mol. The number of methoxy groups -OCH3 is 3. The van der Waals surface area contributed by atoms with E-state index in [0.29, 0.717) is 17.4 Å². The molecule has 1 aliphatic rings. The van der Waals surface area contributed by atoms with Gasteiger partial charge in [0.25, 0.3) is 0 Å². The maximum absolute atomic E-state index is 13.3. The summed E-state index contributed by atoms with van der Waals surface area (Å²) in [5, 5.41) is 7.61. The topological polar surface area (TPSA) is 140 Å². The van der Waals surface area contributed by atoms with Crippen LogP contribution in [-0.4, -0.2) is 79.0 Å². The molecule has 0 spiro atoms. The van der Waals surface area contributed by atoms with Crippen molar-refractivity contribution in [3.63, 3.8) is 0 Å². The molecule has 0 bridgehead atoms. The van der Waals surface area contributed by atoms with Gasteiger partial charge in [0.15, 0.2) is 11.6 Å². The Morgan fingerprint density at radius 2 is 1.76 bits per heavy atom. The zero-order valence-electron chi connectivity index (χ0n) is 20.5. The van der Waals surface area contributed by atoms with Crippen molar-refractivity contribution < 1.29 is 27.4 Å². The summed E-state index contributed by atoms with van der Waals surface area (Å²) in [4.78, 5) is 8.48. The molecule has 13 heteroatoms. The largest absolute Gasteiger partial charge is 0.494 e. The molecule has 1 saturated heterocycles. The fourth-order valence-corrected chi connectivity index (χ4v) is 5.13. The summed E-state index contributed by atoms with van der Waals surface area (Å²) in [5.41, 5.74) is 0. The van der Waals surface area contributed by atoms with E-state index in [1.807, 2.05) is 6.92 Å². The molecule has 34 heavy (non-hydrogen) atoms. The van der Waals surface area contributed by atoms with Crippen molar-refractivity contribution in [2.24, 2.45) is 0 Å². The molecule has 0 unspecified atom stereocenters. The van der Waals surface area contributed by atoms with Gasteiger partial charge in [-0.2, -0.15) is 0 Å². The average molecular weight is 499 g/mol. The lowest BCUT2D eigenvalue weighted by molar-refractivity contribution is 0.0406. The quantitative estimate of drug-likeness (QED) is 0.462. The van der Waals surface area contributed by atoms with Crippen LogP contribution in [0.25, 0.3) is 0 Å². The molecular weight excluding hydrogens is 464 g/mol. The number of anilines is 1. The molecule has 2 aromatic rings. The van der Waals surface area contributed by atoms with Crippen LogP contribution in [0.5, 0.6) is 5.75 Å². The molecule has 0 amide bonds. The Balaban J connectivity index is 1.90. The minimum atomic E-state index is -3.89. The van der Waals surface area contributed by atoms with Gasteiger partial charge in [0.2, 0.25) is 16.0 Å².